The zero-order valence-corrected chi connectivity index (χ0v) is 17.6. The van der Waals surface area contributed by atoms with Crippen molar-refractivity contribution in [2.45, 2.75) is 0 Å². The highest BCUT2D eigenvalue weighted by Crippen LogP contribution is 2.35. The molecule has 154 valence electrons. The first-order chi connectivity index (χ1) is 15.1. The average Bonchev–Trinajstić information content (AvgIpc) is 3.10. The van der Waals surface area contributed by atoms with E-state index in [9.17, 15) is 0 Å². The maximum Gasteiger partial charge on any atom is 0.221 e. The van der Waals surface area contributed by atoms with Crippen LogP contribution in [0.15, 0.2) is 66.7 Å². The van der Waals surface area contributed by atoms with Crippen molar-refractivity contribution in [3.63, 3.8) is 0 Å². The van der Waals surface area contributed by atoms with Crippen molar-refractivity contribution >= 4 is 27.8 Å². The highest BCUT2D eigenvalue weighted by Gasteiger charge is 2.13. The molecule has 0 amide bonds. The van der Waals surface area contributed by atoms with Crippen LogP contribution in [0.4, 0.5) is 5.95 Å². The Hall–Kier alpha value is -4.06. The van der Waals surface area contributed by atoms with Crippen molar-refractivity contribution in [1.29, 1.82) is 0 Å². The fourth-order valence-electron chi connectivity index (χ4n) is 4.08. The van der Waals surface area contributed by atoms with Gasteiger partial charge in [-0.2, -0.15) is 0 Å². The maximum absolute atomic E-state index is 6.09. The Labute approximate surface area is 179 Å². The molecule has 0 saturated carbocycles. The SMILES string of the molecule is COc1ccc(-c2cc(-c3ccc4c(c3)c3ccccc3n4C)nc(N)n2)cc1OC. The predicted molar refractivity (Wildman–Crippen MR) is 124 cm³/mol. The van der Waals surface area contributed by atoms with Gasteiger partial charge in [0.15, 0.2) is 11.5 Å². The Balaban J connectivity index is 1.66. The fraction of sp³-hybridized carbons (Fsp3) is 0.120. The van der Waals surface area contributed by atoms with Gasteiger partial charge in [0.1, 0.15) is 0 Å². The maximum atomic E-state index is 6.09. The third kappa shape index (κ3) is 3.13. The van der Waals surface area contributed by atoms with Crippen LogP contribution < -0.4 is 15.2 Å². The summed E-state index contributed by atoms with van der Waals surface area (Å²) in [6.45, 7) is 0. The van der Waals surface area contributed by atoms with Crippen molar-refractivity contribution in [2.75, 3.05) is 20.0 Å². The van der Waals surface area contributed by atoms with Gasteiger partial charge in [0.25, 0.3) is 0 Å². The fourth-order valence-corrected chi connectivity index (χ4v) is 4.08. The van der Waals surface area contributed by atoms with E-state index < -0.39 is 0 Å². The molecule has 0 radical (unpaired) electrons. The highest BCUT2D eigenvalue weighted by molar-refractivity contribution is 6.09. The summed E-state index contributed by atoms with van der Waals surface area (Å²) in [6.07, 6.45) is 0. The number of nitrogens with zero attached hydrogens (tertiary/aromatic N) is 3. The number of ether oxygens (including phenoxy) is 2. The summed E-state index contributed by atoms with van der Waals surface area (Å²) in [4.78, 5) is 8.95. The molecule has 0 bridgehead atoms. The number of aryl methyl sites for hydroxylation is 1. The molecule has 0 atom stereocenters. The number of fused-ring (bicyclic) bond motifs is 3. The van der Waals surface area contributed by atoms with E-state index in [1.807, 2.05) is 24.3 Å². The van der Waals surface area contributed by atoms with Crippen molar-refractivity contribution in [3.8, 4) is 34.0 Å². The predicted octanol–water partition coefficient (Wildman–Crippen LogP) is 5.05. The van der Waals surface area contributed by atoms with Crippen molar-refractivity contribution < 1.29 is 9.47 Å². The van der Waals surface area contributed by atoms with Crippen LogP contribution in [0.1, 0.15) is 0 Å². The monoisotopic (exact) mass is 410 g/mol. The quantitative estimate of drug-likeness (QED) is 0.448. The molecule has 5 aromatic rings. The smallest absolute Gasteiger partial charge is 0.221 e. The summed E-state index contributed by atoms with van der Waals surface area (Å²) < 4.78 is 13.0. The Kier molecular flexibility index (Phi) is 4.47. The van der Waals surface area contributed by atoms with Gasteiger partial charge in [0.2, 0.25) is 5.95 Å². The van der Waals surface area contributed by atoms with E-state index >= 15 is 0 Å². The summed E-state index contributed by atoms with van der Waals surface area (Å²) in [5, 5.41) is 2.39. The number of hydrogen-bond donors (Lipinski definition) is 1. The number of rotatable bonds is 4. The second-order valence-electron chi connectivity index (χ2n) is 7.37. The molecule has 3 aromatic carbocycles. The normalized spacial score (nSPS) is 11.2. The van der Waals surface area contributed by atoms with Gasteiger partial charge in [-0.05, 0) is 42.5 Å². The Morgan fingerprint density at radius 1 is 0.710 bits per heavy atom. The van der Waals surface area contributed by atoms with E-state index in [0.29, 0.717) is 11.5 Å². The number of nitrogen functional groups attached to an aromatic ring is 1. The van der Waals surface area contributed by atoms with Crippen molar-refractivity contribution in [3.05, 3.63) is 66.7 Å². The first-order valence-corrected chi connectivity index (χ1v) is 9.93. The molecule has 2 aromatic heterocycles. The number of para-hydroxylation sites is 1. The minimum atomic E-state index is 0.223. The summed E-state index contributed by atoms with van der Waals surface area (Å²) in [6, 6.07) is 22.4. The van der Waals surface area contributed by atoms with Crippen LogP contribution in [-0.2, 0) is 7.05 Å². The molecule has 5 rings (SSSR count). The van der Waals surface area contributed by atoms with Gasteiger partial charge < -0.3 is 19.8 Å². The number of benzene rings is 3. The molecule has 0 spiro atoms. The summed E-state index contributed by atoms with van der Waals surface area (Å²) in [7, 11) is 5.31. The number of nitrogens with two attached hydrogens (primary N) is 1. The van der Waals surface area contributed by atoms with E-state index in [1.165, 1.54) is 21.8 Å². The molecule has 6 heteroatoms. The van der Waals surface area contributed by atoms with E-state index in [4.69, 9.17) is 15.2 Å². The van der Waals surface area contributed by atoms with Gasteiger partial charge in [0, 0.05) is 40.0 Å². The van der Waals surface area contributed by atoms with E-state index in [0.717, 1.165) is 22.5 Å². The molecule has 0 aliphatic carbocycles. The molecule has 0 aliphatic heterocycles. The van der Waals surface area contributed by atoms with E-state index in [1.54, 1.807) is 14.2 Å². The van der Waals surface area contributed by atoms with Gasteiger partial charge in [0.05, 0.1) is 25.6 Å². The van der Waals surface area contributed by atoms with Crippen LogP contribution in [0.2, 0.25) is 0 Å². The molecule has 0 saturated heterocycles. The van der Waals surface area contributed by atoms with Gasteiger partial charge in [-0.15, -0.1) is 0 Å². The van der Waals surface area contributed by atoms with Gasteiger partial charge in [-0.25, -0.2) is 9.97 Å². The molecule has 0 aliphatic rings. The molecule has 6 nitrogen and oxygen atoms in total. The average molecular weight is 410 g/mol. The van der Waals surface area contributed by atoms with E-state index in [-0.39, 0.29) is 5.95 Å². The first kappa shape index (κ1) is 18.9. The van der Waals surface area contributed by atoms with Crippen LogP contribution in [0, 0.1) is 0 Å². The second kappa shape index (κ2) is 7.32. The number of hydrogen-bond acceptors (Lipinski definition) is 5. The van der Waals surface area contributed by atoms with Crippen LogP contribution in [0.25, 0.3) is 44.3 Å². The lowest BCUT2D eigenvalue weighted by Gasteiger charge is -2.11. The third-order valence-corrected chi connectivity index (χ3v) is 5.63. The van der Waals surface area contributed by atoms with Crippen LogP contribution in [0.3, 0.4) is 0 Å². The second-order valence-corrected chi connectivity index (χ2v) is 7.37. The number of methoxy groups -OCH3 is 2. The standard InChI is InChI=1S/C25H22N4O2/c1-29-21-7-5-4-6-17(21)18-12-15(8-10-22(18)29)19-14-20(28-25(26)27-19)16-9-11-23(30-2)24(13-16)31-3/h4-14H,1-3H3,(H2,26,27,28). The van der Waals surface area contributed by atoms with Gasteiger partial charge in [-0.1, -0.05) is 24.3 Å². The molecule has 0 unspecified atom stereocenters. The minimum absolute atomic E-state index is 0.223. The zero-order valence-electron chi connectivity index (χ0n) is 17.6. The van der Waals surface area contributed by atoms with E-state index in [2.05, 4.69) is 64.0 Å². The molecule has 31 heavy (non-hydrogen) atoms. The molecular weight excluding hydrogens is 388 g/mol. The van der Waals surface area contributed by atoms with Crippen molar-refractivity contribution in [2.24, 2.45) is 7.05 Å². The highest BCUT2D eigenvalue weighted by atomic mass is 16.5. The summed E-state index contributed by atoms with van der Waals surface area (Å²) in [5.41, 5.74) is 11.8. The molecule has 0 fully saturated rings. The lowest BCUT2D eigenvalue weighted by Crippen LogP contribution is -1.99. The zero-order chi connectivity index (χ0) is 21.5. The molecule has 2 heterocycles. The Morgan fingerprint density at radius 3 is 2.10 bits per heavy atom. The Bertz CT molecular complexity index is 1440. The first-order valence-electron chi connectivity index (χ1n) is 9.93. The largest absolute Gasteiger partial charge is 0.493 e. The molecular formula is C25H22N4O2. The Morgan fingerprint density at radius 2 is 1.35 bits per heavy atom. The van der Waals surface area contributed by atoms with Gasteiger partial charge in [-0.3, -0.25) is 0 Å². The van der Waals surface area contributed by atoms with Crippen LogP contribution in [0.5, 0.6) is 11.5 Å². The lowest BCUT2D eigenvalue weighted by atomic mass is 10.0. The summed E-state index contributed by atoms with van der Waals surface area (Å²) >= 11 is 0. The lowest BCUT2D eigenvalue weighted by molar-refractivity contribution is 0.355. The summed E-state index contributed by atoms with van der Waals surface area (Å²) in [5.74, 6) is 1.52. The number of aromatic nitrogens is 3. The molecule has 2 N–H and O–H groups in total. The van der Waals surface area contributed by atoms with Crippen molar-refractivity contribution in [1.82, 2.24) is 14.5 Å². The van der Waals surface area contributed by atoms with Crippen LogP contribution >= 0.6 is 0 Å². The van der Waals surface area contributed by atoms with Gasteiger partial charge >= 0.3 is 0 Å². The van der Waals surface area contributed by atoms with Crippen LogP contribution in [-0.4, -0.2) is 28.8 Å². The topological polar surface area (TPSA) is 75.2 Å². The number of anilines is 1. The third-order valence-electron chi connectivity index (χ3n) is 5.63. The minimum Gasteiger partial charge on any atom is -0.493 e.